The zero-order chi connectivity index (χ0) is 10.8. The lowest BCUT2D eigenvalue weighted by Gasteiger charge is -2.10. The predicted octanol–water partition coefficient (Wildman–Crippen LogP) is 2.02. The number of fused-ring (bicyclic) bond motifs is 1. The van der Waals surface area contributed by atoms with Gasteiger partial charge in [0.05, 0.1) is 5.69 Å². The fourth-order valence-electron chi connectivity index (χ4n) is 1.43. The van der Waals surface area contributed by atoms with E-state index in [9.17, 15) is 0 Å². The highest BCUT2D eigenvalue weighted by Gasteiger charge is 2.05. The van der Waals surface area contributed by atoms with Gasteiger partial charge in [-0.25, -0.2) is 9.50 Å². The second kappa shape index (κ2) is 3.73. The van der Waals surface area contributed by atoms with E-state index in [4.69, 9.17) is 0 Å². The van der Waals surface area contributed by atoms with Crippen LogP contribution in [0.25, 0.3) is 5.52 Å². The van der Waals surface area contributed by atoms with Crippen LogP contribution in [0.3, 0.4) is 0 Å². The molecular weight excluding hydrogens is 188 g/mol. The molecule has 0 fully saturated rings. The molecule has 2 rings (SSSR count). The average Bonchev–Trinajstić information content (AvgIpc) is 2.59. The van der Waals surface area contributed by atoms with Crippen LogP contribution in [0.4, 0.5) is 5.82 Å². The maximum atomic E-state index is 4.32. The third-order valence-electron chi connectivity index (χ3n) is 2.23. The van der Waals surface area contributed by atoms with Crippen molar-refractivity contribution < 1.29 is 0 Å². The minimum atomic E-state index is 0.193. The molecular formula is C11H14N4. The Morgan fingerprint density at radius 2 is 2.40 bits per heavy atom. The number of hydrogen-bond acceptors (Lipinski definition) is 3. The fraction of sp³-hybridized carbons (Fsp3) is 0.273. The molecule has 2 aromatic rings. The van der Waals surface area contributed by atoms with Gasteiger partial charge < -0.3 is 5.32 Å². The van der Waals surface area contributed by atoms with Crippen LogP contribution in [0.5, 0.6) is 0 Å². The number of hydrogen-bond donors (Lipinski definition) is 1. The smallest absolute Gasteiger partial charge is 0.152 e. The molecule has 15 heavy (non-hydrogen) atoms. The van der Waals surface area contributed by atoms with Gasteiger partial charge in [0.1, 0.15) is 5.52 Å². The van der Waals surface area contributed by atoms with E-state index in [0.717, 1.165) is 17.0 Å². The van der Waals surface area contributed by atoms with Crippen molar-refractivity contribution >= 4 is 11.3 Å². The number of anilines is 1. The minimum Gasteiger partial charge on any atom is -0.362 e. The van der Waals surface area contributed by atoms with Crippen molar-refractivity contribution in [3.8, 4) is 0 Å². The van der Waals surface area contributed by atoms with Crippen molar-refractivity contribution in [2.75, 3.05) is 5.32 Å². The Hall–Kier alpha value is -1.84. The lowest BCUT2D eigenvalue weighted by molar-refractivity contribution is 0.912. The van der Waals surface area contributed by atoms with Crippen molar-refractivity contribution in [3.05, 3.63) is 36.8 Å². The molecule has 1 unspecified atom stereocenters. The summed E-state index contributed by atoms with van der Waals surface area (Å²) in [4.78, 5) is 4.29. The molecule has 0 radical (unpaired) electrons. The van der Waals surface area contributed by atoms with Crippen LogP contribution in [-0.2, 0) is 0 Å². The van der Waals surface area contributed by atoms with Crippen LogP contribution in [-0.4, -0.2) is 20.6 Å². The molecule has 0 saturated heterocycles. The summed E-state index contributed by atoms with van der Waals surface area (Å²) in [6, 6.07) is 2.20. The lowest BCUT2D eigenvalue weighted by Crippen LogP contribution is -2.13. The molecule has 0 aliphatic rings. The van der Waals surface area contributed by atoms with Gasteiger partial charge in [-0.1, -0.05) is 6.08 Å². The fourth-order valence-corrected chi connectivity index (χ4v) is 1.43. The van der Waals surface area contributed by atoms with Gasteiger partial charge in [0.25, 0.3) is 0 Å². The Balaban J connectivity index is 2.45. The van der Waals surface area contributed by atoms with E-state index >= 15 is 0 Å². The summed E-state index contributed by atoms with van der Waals surface area (Å²) in [6.07, 6.45) is 5.41. The van der Waals surface area contributed by atoms with Crippen LogP contribution in [0.2, 0.25) is 0 Å². The van der Waals surface area contributed by atoms with Crippen molar-refractivity contribution in [2.24, 2.45) is 0 Å². The van der Waals surface area contributed by atoms with Crippen LogP contribution in [0, 0.1) is 6.92 Å². The normalized spacial score (nSPS) is 12.7. The third kappa shape index (κ3) is 1.83. The Morgan fingerprint density at radius 1 is 1.60 bits per heavy atom. The first-order valence-corrected chi connectivity index (χ1v) is 4.91. The van der Waals surface area contributed by atoms with Gasteiger partial charge in [-0.05, 0) is 19.9 Å². The summed E-state index contributed by atoms with van der Waals surface area (Å²) < 4.78 is 1.82. The highest BCUT2D eigenvalue weighted by atomic mass is 15.2. The molecule has 0 spiro atoms. The van der Waals surface area contributed by atoms with E-state index in [0.29, 0.717) is 0 Å². The number of rotatable bonds is 3. The summed E-state index contributed by atoms with van der Waals surface area (Å²) in [7, 11) is 0. The second-order valence-electron chi connectivity index (χ2n) is 3.56. The predicted molar refractivity (Wildman–Crippen MR) is 61.0 cm³/mol. The van der Waals surface area contributed by atoms with Gasteiger partial charge >= 0.3 is 0 Å². The Labute approximate surface area is 88.6 Å². The van der Waals surface area contributed by atoms with E-state index in [1.165, 1.54) is 0 Å². The first kappa shape index (κ1) is 9.71. The topological polar surface area (TPSA) is 42.2 Å². The maximum absolute atomic E-state index is 4.32. The van der Waals surface area contributed by atoms with E-state index in [2.05, 4.69) is 22.0 Å². The number of nitrogens with one attached hydrogen (secondary N) is 1. The summed E-state index contributed by atoms with van der Waals surface area (Å²) in [5.41, 5.74) is 1.97. The highest BCUT2D eigenvalue weighted by Crippen LogP contribution is 2.15. The number of nitrogens with zero attached hydrogens (tertiary/aromatic N) is 3. The van der Waals surface area contributed by atoms with Crippen LogP contribution >= 0.6 is 0 Å². The first-order valence-electron chi connectivity index (χ1n) is 4.91. The lowest BCUT2D eigenvalue weighted by atomic mass is 10.3. The largest absolute Gasteiger partial charge is 0.362 e. The summed E-state index contributed by atoms with van der Waals surface area (Å²) in [6.45, 7) is 7.72. The molecule has 4 heteroatoms. The van der Waals surface area contributed by atoms with Crippen molar-refractivity contribution in [1.82, 2.24) is 14.6 Å². The summed E-state index contributed by atoms with van der Waals surface area (Å²) >= 11 is 0. The van der Waals surface area contributed by atoms with Crippen molar-refractivity contribution in [2.45, 2.75) is 19.9 Å². The van der Waals surface area contributed by atoms with Gasteiger partial charge in [-0.15, -0.1) is 6.58 Å². The van der Waals surface area contributed by atoms with E-state index < -0.39 is 0 Å². The average molecular weight is 202 g/mol. The van der Waals surface area contributed by atoms with Gasteiger partial charge in [0, 0.05) is 18.4 Å². The van der Waals surface area contributed by atoms with Gasteiger partial charge in [0.15, 0.2) is 5.82 Å². The molecule has 0 aliphatic carbocycles. The van der Waals surface area contributed by atoms with Gasteiger partial charge in [0.2, 0.25) is 0 Å². The van der Waals surface area contributed by atoms with Crippen molar-refractivity contribution in [1.29, 1.82) is 0 Å². The molecule has 2 heterocycles. The molecule has 4 nitrogen and oxygen atoms in total. The van der Waals surface area contributed by atoms with E-state index in [-0.39, 0.29) is 6.04 Å². The van der Waals surface area contributed by atoms with E-state index in [1.807, 2.05) is 36.7 Å². The molecule has 0 aromatic carbocycles. The Morgan fingerprint density at radius 3 is 3.13 bits per heavy atom. The summed E-state index contributed by atoms with van der Waals surface area (Å²) in [5.74, 6) is 0.838. The van der Waals surface area contributed by atoms with Gasteiger partial charge in [-0.3, -0.25) is 0 Å². The molecule has 0 amide bonds. The number of aryl methyl sites for hydroxylation is 1. The minimum absolute atomic E-state index is 0.193. The summed E-state index contributed by atoms with van der Waals surface area (Å²) in [5, 5.41) is 7.58. The maximum Gasteiger partial charge on any atom is 0.152 e. The van der Waals surface area contributed by atoms with Crippen LogP contribution in [0.15, 0.2) is 31.1 Å². The van der Waals surface area contributed by atoms with Crippen LogP contribution in [0.1, 0.15) is 12.6 Å². The van der Waals surface area contributed by atoms with E-state index in [1.54, 1.807) is 6.20 Å². The zero-order valence-electron chi connectivity index (χ0n) is 8.94. The quantitative estimate of drug-likeness (QED) is 0.774. The number of aromatic nitrogens is 3. The Kier molecular flexibility index (Phi) is 2.41. The monoisotopic (exact) mass is 202 g/mol. The molecule has 2 aromatic heterocycles. The Bertz CT molecular complexity index is 486. The zero-order valence-corrected chi connectivity index (χ0v) is 8.94. The second-order valence-corrected chi connectivity index (χ2v) is 3.56. The molecule has 1 N–H and O–H groups in total. The van der Waals surface area contributed by atoms with Gasteiger partial charge in [-0.2, -0.15) is 5.10 Å². The van der Waals surface area contributed by atoms with Crippen molar-refractivity contribution in [3.63, 3.8) is 0 Å². The molecule has 0 aliphatic heterocycles. The first-order chi connectivity index (χ1) is 7.20. The molecule has 0 bridgehead atoms. The SMILES string of the molecule is C=CC(C)Nc1nccn2nc(C)cc12. The van der Waals surface area contributed by atoms with Crippen LogP contribution < -0.4 is 5.32 Å². The third-order valence-corrected chi connectivity index (χ3v) is 2.23. The molecule has 78 valence electrons. The molecule has 0 saturated carbocycles. The molecule has 1 atom stereocenters. The standard InChI is InChI=1S/C11H14N4/c1-4-8(2)13-11-10-7-9(3)14-15(10)6-5-12-11/h4-8H,1H2,2-3H3,(H,12,13). The highest BCUT2D eigenvalue weighted by molar-refractivity contribution is 5.68.